The molecule has 48 heavy (non-hydrogen) atoms. The van der Waals surface area contributed by atoms with Crippen molar-refractivity contribution < 1.29 is 9.47 Å². The molecule has 0 amide bonds. The van der Waals surface area contributed by atoms with Gasteiger partial charge in [-0.05, 0) is 71.8 Å². The zero-order valence-corrected chi connectivity index (χ0v) is 27.0. The Labute approximate surface area is 286 Å². The van der Waals surface area contributed by atoms with Crippen LogP contribution in [0.3, 0.4) is 0 Å². The zero-order chi connectivity index (χ0) is 32.2. The maximum atomic E-state index is 6.11. The third kappa shape index (κ3) is 4.76. The fraction of sp³-hybridized carbons (Fsp3) is 0.0500. The van der Waals surface area contributed by atoms with Crippen molar-refractivity contribution in [1.29, 1.82) is 0 Å². The molecule has 230 valence electrons. The molecule has 0 saturated heterocycles. The fourth-order valence-corrected chi connectivity index (χ4v) is 7.18. The molecule has 9 rings (SSSR count). The number of benzene rings is 2. The average molecular weight is 659 g/mol. The van der Waals surface area contributed by atoms with Gasteiger partial charge in [0.1, 0.15) is 0 Å². The summed E-state index contributed by atoms with van der Waals surface area (Å²) >= 11 is 11.6. The van der Waals surface area contributed by atoms with Crippen LogP contribution in [0.15, 0.2) is 110 Å². The quantitative estimate of drug-likeness (QED) is 0.183. The van der Waals surface area contributed by atoms with Gasteiger partial charge in [0.15, 0.2) is 12.2 Å². The summed E-state index contributed by atoms with van der Waals surface area (Å²) in [6.45, 7) is 0. The Morgan fingerprint density at radius 1 is 0.458 bits per heavy atom. The van der Waals surface area contributed by atoms with E-state index >= 15 is 0 Å². The number of nitrogens with zero attached hydrogens (tertiary/aromatic N) is 2. The molecule has 2 unspecified atom stereocenters. The molecule has 6 nitrogen and oxygen atoms in total. The monoisotopic (exact) mass is 658 g/mol. The summed E-state index contributed by atoms with van der Waals surface area (Å²) in [7, 11) is 0. The number of nitrogens with one attached hydrogen (secondary N) is 2. The normalized spacial score (nSPS) is 17.7. The average Bonchev–Trinajstić information content (AvgIpc) is 3.96. The summed E-state index contributed by atoms with van der Waals surface area (Å²) in [5.41, 5.74) is 12.5. The number of hydrogen-bond acceptors (Lipinski definition) is 6. The first-order chi connectivity index (χ1) is 23.6. The van der Waals surface area contributed by atoms with E-state index in [1.807, 2.05) is 72.9 Å². The van der Waals surface area contributed by atoms with Crippen LogP contribution >= 0.6 is 24.4 Å². The molecule has 0 spiro atoms. The summed E-state index contributed by atoms with van der Waals surface area (Å²) < 4.78 is 12.2. The standard InChI is InChI=1S/C40H26N4O2S2/c47-33-19-21-45-39(33)37-29-15-11-25(41-29)35(23-7-3-1-4-8-23)26-12-16-30(42-26)38(40-34(48)20-22-46-40)32-18-14-28(44-32)36(24-9-5-2-6-10-24)27-13-17-31(37)43-27/h1-22,39-41,43H. The number of aromatic nitrogens is 4. The molecule has 2 atom stereocenters. The Bertz CT molecular complexity index is 2320. The summed E-state index contributed by atoms with van der Waals surface area (Å²) in [5, 5.41) is 0. The van der Waals surface area contributed by atoms with Gasteiger partial charge >= 0.3 is 0 Å². The molecule has 7 heterocycles. The van der Waals surface area contributed by atoms with Gasteiger partial charge in [-0.3, -0.25) is 0 Å². The van der Waals surface area contributed by atoms with E-state index in [4.69, 9.17) is 43.9 Å². The van der Waals surface area contributed by atoms with E-state index in [1.165, 1.54) is 0 Å². The zero-order valence-electron chi connectivity index (χ0n) is 25.4. The molecule has 0 radical (unpaired) electrons. The second-order valence-corrected chi connectivity index (χ2v) is 12.7. The van der Waals surface area contributed by atoms with Gasteiger partial charge in [0.25, 0.3) is 0 Å². The van der Waals surface area contributed by atoms with E-state index in [9.17, 15) is 0 Å². The second kappa shape index (κ2) is 11.5. The number of fused-ring (bicyclic) bond motifs is 8. The highest BCUT2D eigenvalue weighted by molar-refractivity contribution is 7.81. The predicted molar refractivity (Wildman–Crippen MR) is 201 cm³/mol. The number of H-pyrrole nitrogens is 2. The van der Waals surface area contributed by atoms with Gasteiger partial charge in [0.2, 0.25) is 0 Å². The SMILES string of the molecule is S=C1C=COC1c1c2nc(c(-c3ccccc3)c3ccc([nH]3)c(C3OC=CC3=S)c3ccc([nH]3)c(-c3ccccc3)c3nc1C=C3)C=C2. The molecule has 0 fully saturated rings. The van der Waals surface area contributed by atoms with Crippen LogP contribution in [-0.2, 0) is 9.47 Å². The van der Waals surface area contributed by atoms with Crippen molar-refractivity contribution >= 4 is 80.5 Å². The number of ether oxygens (including phenoxy) is 2. The largest absolute Gasteiger partial charge is 0.488 e. The Balaban J connectivity index is 1.46. The maximum Gasteiger partial charge on any atom is 0.162 e. The lowest BCUT2D eigenvalue weighted by molar-refractivity contribution is 0.221. The molecule has 0 aliphatic carbocycles. The van der Waals surface area contributed by atoms with Crippen LogP contribution in [0.5, 0.6) is 0 Å². The molecule has 4 aliphatic rings. The minimum atomic E-state index is -0.486. The first kappa shape index (κ1) is 28.5. The van der Waals surface area contributed by atoms with E-state index in [1.54, 1.807) is 12.5 Å². The van der Waals surface area contributed by atoms with Crippen LogP contribution in [0.4, 0.5) is 0 Å². The molecular weight excluding hydrogens is 633 g/mol. The molecule has 4 aliphatic heterocycles. The van der Waals surface area contributed by atoms with Crippen molar-refractivity contribution in [3.05, 3.63) is 144 Å². The van der Waals surface area contributed by atoms with Crippen LogP contribution in [0.25, 0.3) is 68.6 Å². The minimum Gasteiger partial charge on any atom is -0.488 e. The molecule has 8 heteroatoms. The Kier molecular flexibility index (Phi) is 6.85. The molecule has 2 N–H and O–H groups in total. The van der Waals surface area contributed by atoms with E-state index in [-0.39, 0.29) is 0 Å². The van der Waals surface area contributed by atoms with Crippen LogP contribution in [0.2, 0.25) is 0 Å². The molecule has 5 aromatic rings. The Morgan fingerprint density at radius 2 is 0.875 bits per heavy atom. The molecule has 8 bridgehead atoms. The van der Waals surface area contributed by atoms with Gasteiger partial charge in [0, 0.05) is 44.3 Å². The number of thiocarbonyl (C=S) groups is 2. The lowest BCUT2D eigenvalue weighted by Gasteiger charge is -2.13. The highest BCUT2D eigenvalue weighted by Crippen LogP contribution is 2.39. The predicted octanol–water partition coefficient (Wildman–Crippen LogP) is 9.90. The molecular formula is C40H26N4O2S2. The molecule has 0 saturated carbocycles. The smallest absolute Gasteiger partial charge is 0.162 e. The second-order valence-electron chi connectivity index (χ2n) is 11.8. The number of rotatable bonds is 4. The van der Waals surface area contributed by atoms with Gasteiger partial charge in [-0.25, -0.2) is 9.97 Å². The van der Waals surface area contributed by atoms with Crippen molar-refractivity contribution in [3.63, 3.8) is 0 Å². The summed E-state index contributed by atoms with van der Waals surface area (Å²) in [6.07, 6.45) is 14.2. The Hall–Kier alpha value is -5.70. The highest BCUT2D eigenvalue weighted by Gasteiger charge is 2.29. The van der Waals surface area contributed by atoms with E-state index in [2.05, 4.69) is 58.5 Å². The fourth-order valence-electron chi connectivity index (χ4n) is 6.72. The van der Waals surface area contributed by atoms with E-state index < -0.39 is 12.2 Å². The van der Waals surface area contributed by atoms with Gasteiger partial charge in [-0.1, -0.05) is 85.1 Å². The van der Waals surface area contributed by atoms with Crippen molar-refractivity contribution in [2.75, 3.05) is 0 Å². The maximum absolute atomic E-state index is 6.11. The van der Waals surface area contributed by atoms with Gasteiger partial charge in [0.05, 0.1) is 45.0 Å². The lowest BCUT2D eigenvalue weighted by Crippen LogP contribution is -2.09. The van der Waals surface area contributed by atoms with Crippen LogP contribution in [0, 0.1) is 0 Å². The van der Waals surface area contributed by atoms with Crippen molar-refractivity contribution in [2.45, 2.75) is 12.2 Å². The van der Waals surface area contributed by atoms with Gasteiger partial charge in [-0.2, -0.15) is 0 Å². The topological polar surface area (TPSA) is 75.8 Å². The molecule has 3 aromatic heterocycles. The number of aromatic amines is 2. The van der Waals surface area contributed by atoms with Crippen molar-refractivity contribution in [3.8, 4) is 22.3 Å². The summed E-state index contributed by atoms with van der Waals surface area (Å²) in [4.78, 5) is 19.3. The van der Waals surface area contributed by atoms with Crippen molar-refractivity contribution in [1.82, 2.24) is 19.9 Å². The third-order valence-electron chi connectivity index (χ3n) is 8.90. The van der Waals surface area contributed by atoms with Gasteiger partial charge in [-0.15, -0.1) is 0 Å². The highest BCUT2D eigenvalue weighted by atomic mass is 32.1. The molecule has 2 aromatic carbocycles. The number of hydrogen-bond donors (Lipinski definition) is 2. The first-order valence-corrected chi connectivity index (χ1v) is 16.4. The van der Waals surface area contributed by atoms with Gasteiger partial charge < -0.3 is 19.4 Å². The van der Waals surface area contributed by atoms with Crippen LogP contribution in [0.1, 0.15) is 46.1 Å². The van der Waals surface area contributed by atoms with Crippen LogP contribution in [-0.4, -0.2) is 29.7 Å². The Morgan fingerprint density at radius 3 is 1.31 bits per heavy atom. The van der Waals surface area contributed by atoms with E-state index in [0.717, 1.165) is 78.2 Å². The summed E-state index contributed by atoms with van der Waals surface area (Å²) in [6, 6.07) is 28.9. The summed E-state index contributed by atoms with van der Waals surface area (Å²) in [5.74, 6) is 0. The van der Waals surface area contributed by atoms with Crippen LogP contribution < -0.4 is 0 Å². The van der Waals surface area contributed by atoms with E-state index in [0.29, 0.717) is 9.73 Å². The third-order valence-corrected chi connectivity index (χ3v) is 9.60. The first-order valence-electron chi connectivity index (χ1n) is 15.6. The lowest BCUT2D eigenvalue weighted by atomic mass is 10.0. The van der Waals surface area contributed by atoms with Crippen molar-refractivity contribution in [2.24, 2.45) is 0 Å². The minimum absolute atomic E-state index is 0.439.